The van der Waals surface area contributed by atoms with Gasteiger partial charge in [-0.2, -0.15) is 0 Å². The van der Waals surface area contributed by atoms with Gasteiger partial charge in [-0.3, -0.25) is 4.79 Å². The van der Waals surface area contributed by atoms with Crippen molar-refractivity contribution in [2.45, 2.75) is 39.2 Å². The first kappa shape index (κ1) is 26.6. The highest BCUT2D eigenvalue weighted by molar-refractivity contribution is 6.37. The van der Waals surface area contributed by atoms with E-state index in [0.717, 1.165) is 16.0 Å². The van der Waals surface area contributed by atoms with Crippen molar-refractivity contribution < 1.29 is 37.3 Å². The van der Waals surface area contributed by atoms with Crippen molar-refractivity contribution in [1.82, 2.24) is 0 Å². The molecule has 9 heteroatoms. The average molecular weight is 502 g/mol. The fourth-order valence-electron chi connectivity index (χ4n) is 3.45. The lowest BCUT2D eigenvalue weighted by Gasteiger charge is -2.21. The number of hydrogen-bond acceptors (Lipinski definition) is 4. The average Bonchev–Trinajstić information content (AvgIpc) is 2.81. The number of benzene rings is 3. The molecule has 0 unspecified atom stereocenters. The lowest BCUT2D eigenvalue weighted by Crippen LogP contribution is -2.33. The molecule has 6 nitrogen and oxygen atoms in total. The number of carbonyl (C=O) groups is 2. The van der Waals surface area contributed by atoms with E-state index in [1.54, 1.807) is 18.2 Å². The van der Waals surface area contributed by atoms with Crippen molar-refractivity contribution >= 4 is 17.6 Å². The van der Waals surface area contributed by atoms with Crippen LogP contribution in [0.1, 0.15) is 31.9 Å². The molecular weight excluding hydrogens is 475 g/mol. The molecule has 0 aliphatic carbocycles. The molecule has 0 bridgehead atoms. The minimum atomic E-state index is -4.80. The number of carboxylic acid groups (broad SMARTS) is 1. The van der Waals surface area contributed by atoms with Crippen molar-refractivity contribution in [3.63, 3.8) is 0 Å². The van der Waals surface area contributed by atoms with E-state index in [1.165, 1.54) is 31.3 Å². The molecule has 36 heavy (non-hydrogen) atoms. The lowest BCUT2D eigenvalue weighted by molar-refractivity contribution is -0.274. The highest BCUT2D eigenvalue weighted by Crippen LogP contribution is 2.35. The van der Waals surface area contributed by atoms with Gasteiger partial charge in [-0.25, -0.2) is 4.79 Å². The smallest absolute Gasteiger partial charge is 0.487 e. The number of alkyl halides is 3. The number of carboxylic acids is 1. The van der Waals surface area contributed by atoms with Gasteiger partial charge in [-0.05, 0) is 51.9 Å². The van der Waals surface area contributed by atoms with Crippen LogP contribution in [-0.2, 0) is 21.6 Å². The van der Waals surface area contributed by atoms with Crippen LogP contribution in [0.15, 0.2) is 66.7 Å². The quantitative estimate of drug-likeness (QED) is 0.409. The third-order valence-corrected chi connectivity index (χ3v) is 5.44. The largest absolute Gasteiger partial charge is 0.573 e. The molecule has 0 saturated heterocycles. The van der Waals surface area contributed by atoms with Crippen LogP contribution in [0.5, 0.6) is 11.5 Å². The Kier molecular flexibility index (Phi) is 7.62. The van der Waals surface area contributed by atoms with Crippen LogP contribution in [0.3, 0.4) is 0 Å². The first-order valence-electron chi connectivity index (χ1n) is 11.0. The van der Waals surface area contributed by atoms with Crippen LogP contribution in [0.25, 0.3) is 11.1 Å². The van der Waals surface area contributed by atoms with Gasteiger partial charge in [0.05, 0.1) is 5.69 Å². The van der Waals surface area contributed by atoms with Crippen molar-refractivity contribution in [3.05, 3.63) is 77.9 Å². The summed E-state index contributed by atoms with van der Waals surface area (Å²) in [6.07, 6.45) is -4.80. The zero-order valence-corrected chi connectivity index (χ0v) is 20.2. The summed E-state index contributed by atoms with van der Waals surface area (Å²) in [6.45, 7) is 6.50. The summed E-state index contributed by atoms with van der Waals surface area (Å²) in [6, 6.07) is 17.9. The molecule has 190 valence electrons. The molecule has 0 saturated carbocycles. The second-order valence-corrected chi connectivity index (χ2v) is 9.16. The lowest BCUT2D eigenvalue weighted by atomic mass is 9.87. The molecule has 0 fully saturated rings. The second kappa shape index (κ2) is 10.3. The van der Waals surface area contributed by atoms with Gasteiger partial charge < -0.3 is 19.5 Å². The van der Waals surface area contributed by atoms with E-state index in [4.69, 9.17) is 4.74 Å². The monoisotopic (exact) mass is 501 g/mol. The number of likely N-dealkylation sites (N-methyl/N-ethyl adjacent to an activating group) is 1. The van der Waals surface area contributed by atoms with Crippen molar-refractivity contribution in [3.8, 4) is 22.6 Å². The predicted octanol–water partition coefficient (Wildman–Crippen LogP) is 6.18. The summed E-state index contributed by atoms with van der Waals surface area (Å²) >= 11 is 0. The summed E-state index contributed by atoms with van der Waals surface area (Å²) in [5.74, 6) is -2.91. The fourth-order valence-corrected chi connectivity index (χ4v) is 3.45. The summed E-state index contributed by atoms with van der Waals surface area (Å²) in [7, 11) is 1.31. The molecule has 0 spiro atoms. The van der Waals surface area contributed by atoms with Crippen molar-refractivity contribution in [2.24, 2.45) is 0 Å². The van der Waals surface area contributed by atoms with E-state index >= 15 is 0 Å². The van der Waals surface area contributed by atoms with E-state index < -0.39 is 18.2 Å². The Morgan fingerprint density at radius 2 is 1.47 bits per heavy atom. The van der Waals surface area contributed by atoms with E-state index in [2.05, 4.69) is 25.5 Å². The Hall–Kier alpha value is -4.01. The van der Waals surface area contributed by atoms with Gasteiger partial charge in [-0.15, -0.1) is 13.2 Å². The van der Waals surface area contributed by atoms with E-state index in [1.807, 2.05) is 24.3 Å². The van der Waals surface area contributed by atoms with E-state index in [9.17, 15) is 27.9 Å². The van der Waals surface area contributed by atoms with Crippen LogP contribution >= 0.6 is 0 Å². The second-order valence-electron chi connectivity index (χ2n) is 9.16. The number of halogens is 3. The van der Waals surface area contributed by atoms with Gasteiger partial charge in [0.2, 0.25) is 0 Å². The molecular formula is C27H26F3NO5. The Bertz CT molecular complexity index is 1230. The normalized spacial score (nSPS) is 11.6. The third kappa shape index (κ3) is 6.78. The number of aliphatic carboxylic acids is 1. The number of nitrogens with zero attached hydrogens (tertiary/aromatic N) is 1. The number of hydrogen-bond donors (Lipinski definition) is 1. The molecule has 0 radical (unpaired) electrons. The number of carbonyl (C=O) groups excluding carboxylic acids is 1. The predicted molar refractivity (Wildman–Crippen MR) is 129 cm³/mol. The maximum atomic E-state index is 12.4. The molecule has 0 heterocycles. The van der Waals surface area contributed by atoms with Crippen LogP contribution < -0.4 is 14.4 Å². The van der Waals surface area contributed by atoms with Gasteiger partial charge >= 0.3 is 18.2 Å². The number of amides is 1. The molecule has 0 atom stereocenters. The van der Waals surface area contributed by atoms with Gasteiger partial charge in [-0.1, -0.05) is 63.2 Å². The van der Waals surface area contributed by atoms with Crippen LogP contribution in [0, 0.1) is 0 Å². The minimum absolute atomic E-state index is 0.000629. The van der Waals surface area contributed by atoms with Gasteiger partial charge in [0.15, 0.2) is 0 Å². The van der Waals surface area contributed by atoms with Gasteiger partial charge in [0, 0.05) is 7.05 Å². The summed E-state index contributed by atoms with van der Waals surface area (Å²) < 4.78 is 47.1. The Morgan fingerprint density at radius 1 is 0.889 bits per heavy atom. The maximum absolute atomic E-state index is 12.4. The van der Waals surface area contributed by atoms with Crippen LogP contribution in [0.4, 0.5) is 18.9 Å². The first-order valence-corrected chi connectivity index (χ1v) is 11.0. The standard InChI is InChI=1S/C27H26F3NO5/c1-26(2,3)20-10-5-17(6-11-20)16-35-23-14-9-19(15-22(23)31(4)24(32)25(33)34)18-7-12-21(13-8-18)36-27(28,29)30/h5-15H,16H2,1-4H3,(H,33,34). The highest BCUT2D eigenvalue weighted by atomic mass is 19.4. The molecule has 1 amide bonds. The zero-order chi connectivity index (χ0) is 26.7. The molecule has 0 aliphatic heterocycles. The topological polar surface area (TPSA) is 76.1 Å². The molecule has 0 aromatic heterocycles. The third-order valence-electron chi connectivity index (χ3n) is 5.44. The van der Waals surface area contributed by atoms with Gasteiger partial charge in [0.1, 0.15) is 18.1 Å². The fraction of sp³-hybridized carbons (Fsp3) is 0.259. The summed E-state index contributed by atoms with van der Waals surface area (Å²) in [4.78, 5) is 24.4. The van der Waals surface area contributed by atoms with Crippen molar-refractivity contribution in [2.75, 3.05) is 11.9 Å². The minimum Gasteiger partial charge on any atom is -0.487 e. The SMILES string of the molecule is CN(C(=O)C(=O)O)c1cc(-c2ccc(OC(F)(F)F)cc2)ccc1OCc1ccc(C(C)(C)C)cc1. The molecule has 3 rings (SSSR count). The Balaban J connectivity index is 1.89. The number of ether oxygens (including phenoxy) is 2. The van der Waals surface area contributed by atoms with Crippen LogP contribution in [0.2, 0.25) is 0 Å². The molecule has 3 aromatic carbocycles. The molecule has 0 aliphatic rings. The molecule has 1 N–H and O–H groups in total. The Labute approximate surface area is 206 Å². The zero-order valence-electron chi connectivity index (χ0n) is 20.2. The van der Waals surface area contributed by atoms with E-state index in [0.29, 0.717) is 11.1 Å². The maximum Gasteiger partial charge on any atom is 0.573 e. The van der Waals surface area contributed by atoms with Crippen molar-refractivity contribution in [1.29, 1.82) is 0 Å². The van der Waals surface area contributed by atoms with E-state index in [-0.39, 0.29) is 29.2 Å². The first-order chi connectivity index (χ1) is 16.7. The number of rotatable bonds is 6. The number of anilines is 1. The molecule has 3 aromatic rings. The van der Waals surface area contributed by atoms with Gasteiger partial charge in [0.25, 0.3) is 0 Å². The summed E-state index contributed by atoms with van der Waals surface area (Å²) in [5, 5.41) is 9.18. The summed E-state index contributed by atoms with van der Waals surface area (Å²) in [5.41, 5.74) is 3.31. The Morgan fingerprint density at radius 3 is 2.00 bits per heavy atom. The van der Waals surface area contributed by atoms with Crippen LogP contribution in [-0.4, -0.2) is 30.4 Å². The highest BCUT2D eigenvalue weighted by Gasteiger charge is 2.31.